The summed E-state index contributed by atoms with van der Waals surface area (Å²) in [6.45, 7) is 0.360. The third-order valence-corrected chi connectivity index (χ3v) is 3.28. The number of carbonyl (C=O) groups is 1. The second kappa shape index (κ2) is 5.79. The van der Waals surface area contributed by atoms with Crippen LogP contribution in [0.4, 0.5) is 5.82 Å². The molecule has 2 rings (SSSR count). The van der Waals surface area contributed by atoms with Crippen molar-refractivity contribution in [1.82, 2.24) is 9.88 Å². The van der Waals surface area contributed by atoms with E-state index in [9.17, 15) is 4.79 Å². The third kappa shape index (κ3) is 2.60. The fourth-order valence-electron chi connectivity index (χ4n) is 2.03. The maximum Gasteiger partial charge on any atom is 0.255 e. The topological polar surface area (TPSA) is 91.5 Å². The molecule has 6 nitrogen and oxygen atoms in total. The fourth-order valence-corrected chi connectivity index (χ4v) is 2.03. The van der Waals surface area contributed by atoms with Crippen molar-refractivity contribution in [2.24, 2.45) is 5.84 Å². The van der Waals surface area contributed by atoms with Crippen LogP contribution in [0.5, 0.6) is 0 Å². The summed E-state index contributed by atoms with van der Waals surface area (Å²) in [5.41, 5.74) is 2.94. The molecule has 0 aromatic carbocycles. The molecule has 0 aliphatic heterocycles. The first kappa shape index (κ1) is 12.8. The number of carbonyl (C=O) groups excluding carboxylic acids is 1. The number of nitrogens with zero attached hydrogens (tertiary/aromatic N) is 2. The first-order valence-corrected chi connectivity index (χ1v) is 6.10. The van der Waals surface area contributed by atoms with Crippen molar-refractivity contribution in [2.75, 3.05) is 18.6 Å². The number of amides is 1. The standard InChI is InChI=1S/C12H18N4O2/c13-15-11-5-4-9(8-14-11)12(18)16(6-7-17)10-2-1-3-10/h4-5,8,10,17H,1-3,6-7,13H2,(H,14,15). The fraction of sp³-hybridized carbons (Fsp3) is 0.500. The van der Waals surface area contributed by atoms with E-state index in [2.05, 4.69) is 10.4 Å². The van der Waals surface area contributed by atoms with Crippen LogP contribution in [-0.2, 0) is 0 Å². The molecule has 1 aromatic heterocycles. The summed E-state index contributed by atoms with van der Waals surface area (Å²) in [5.74, 6) is 5.66. The van der Waals surface area contributed by atoms with Gasteiger partial charge in [0.1, 0.15) is 5.82 Å². The number of nitrogens with two attached hydrogens (primary N) is 1. The van der Waals surface area contributed by atoms with E-state index in [1.54, 1.807) is 17.0 Å². The monoisotopic (exact) mass is 250 g/mol. The van der Waals surface area contributed by atoms with Crippen molar-refractivity contribution < 1.29 is 9.90 Å². The van der Waals surface area contributed by atoms with Gasteiger partial charge >= 0.3 is 0 Å². The molecule has 1 aliphatic rings. The number of aliphatic hydroxyl groups is 1. The number of anilines is 1. The molecule has 1 aliphatic carbocycles. The van der Waals surface area contributed by atoms with Crippen molar-refractivity contribution in [3.63, 3.8) is 0 Å². The van der Waals surface area contributed by atoms with Gasteiger partial charge in [0.05, 0.1) is 12.2 Å². The summed E-state index contributed by atoms with van der Waals surface area (Å²) in [6.07, 6.45) is 4.68. The van der Waals surface area contributed by atoms with Gasteiger partial charge in [-0.1, -0.05) is 0 Å². The summed E-state index contributed by atoms with van der Waals surface area (Å²) in [6, 6.07) is 3.61. The van der Waals surface area contributed by atoms with Gasteiger partial charge < -0.3 is 15.4 Å². The number of nitrogens with one attached hydrogen (secondary N) is 1. The molecule has 18 heavy (non-hydrogen) atoms. The number of aliphatic hydroxyl groups excluding tert-OH is 1. The summed E-state index contributed by atoms with van der Waals surface area (Å²) >= 11 is 0. The Kier molecular flexibility index (Phi) is 4.11. The second-order valence-corrected chi connectivity index (χ2v) is 4.38. The molecule has 1 amide bonds. The summed E-state index contributed by atoms with van der Waals surface area (Å²) in [5, 5.41) is 9.05. The molecule has 1 heterocycles. The lowest BCUT2D eigenvalue weighted by Crippen LogP contribution is -2.45. The van der Waals surface area contributed by atoms with Gasteiger partial charge in [-0.3, -0.25) is 4.79 Å². The lowest BCUT2D eigenvalue weighted by molar-refractivity contribution is 0.0525. The average Bonchev–Trinajstić information content (AvgIpc) is 2.35. The van der Waals surface area contributed by atoms with Gasteiger partial charge in [0.15, 0.2) is 0 Å². The Balaban J connectivity index is 2.10. The third-order valence-electron chi connectivity index (χ3n) is 3.28. The first-order chi connectivity index (χ1) is 8.76. The Morgan fingerprint density at radius 2 is 2.33 bits per heavy atom. The molecule has 1 fully saturated rings. The van der Waals surface area contributed by atoms with Crippen LogP contribution in [0.3, 0.4) is 0 Å². The van der Waals surface area contributed by atoms with Crippen LogP contribution >= 0.6 is 0 Å². The van der Waals surface area contributed by atoms with E-state index in [-0.39, 0.29) is 18.6 Å². The number of hydrogen-bond acceptors (Lipinski definition) is 5. The summed E-state index contributed by atoms with van der Waals surface area (Å²) in [7, 11) is 0. The highest BCUT2D eigenvalue weighted by molar-refractivity contribution is 5.94. The molecule has 1 aromatic rings. The van der Waals surface area contributed by atoms with Crippen LogP contribution in [0.1, 0.15) is 29.6 Å². The van der Waals surface area contributed by atoms with Gasteiger partial charge in [-0.2, -0.15) is 0 Å². The van der Waals surface area contributed by atoms with Gasteiger partial charge in [-0.25, -0.2) is 10.8 Å². The van der Waals surface area contributed by atoms with Crippen LogP contribution in [0.25, 0.3) is 0 Å². The molecule has 0 unspecified atom stereocenters. The molecule has 1 saturated carbocycles. The van der Waals surface area contributed by atoms with E-state index in [0.717, 1.165) is 19.3 Å². The quantitative estimate of drug-likeness (QED) is 0.518. The number of hydrazine groups is 1. The van der Waals surface area contributed by atoms with Crippen LogP contribution in [0.15, 0.2) is 18.3 Å². The molecule has 4 N–H and O–H groups in total. The largest absolute Gasteiger partial charge is 0.395 e. The van der Waals surface area contributed by atoms with Gasteiger partial charge in [0.2, 0.25) is 0 Å². The van der Waals surface area contributed by atoms with E-state index in [0.29, 0.717) is 17.9 Å². The Morgan fingerprint density at radius 3 is 2.78 bits per heavy atom. The Hall–Kier alpha value is -1.66. The zero-order valence-corrected chi connectivity index (χ0v) is 10.2. The van der Waals surface area contributed by atoms with Crippen molar-refractivity contribution in [3.05, 3.63) is 23.9 Å². The van der Waals surface area contributed by atoms with E-state index in [1.807, 2.05) is 0 Å². The van der Waals surface area contributed by atoms with E-state index in [4.69, 9.17) is 10.9 Å². The molecule has 0 bridgehead atoms. The number of rotatable bonds is 5. The maximum absolute atomic E-state index is 12.3. The van der Waals surface area contributed by atoms with Crippen LogP contribution in [0, 0.1) is 0 Å². The zero-order chi connectivity index (χ0) is 13.0. The van der Waals surface area contributed by atoms with E-state index >= 15 is 0 Å². The maximum atomic E-state index is 12.3. The van der Waals surface area contributed by atoms with Gasteiger partial charge in [0.25, 0.3) is 5.91 Å². The molecular weight excluding hydrogens is 232 g/mol. The van der Waals surface area contributed by atoms with Crippen molar-refractivity contribution in [2.45, 2.75) is 25.3 Å². The van der Waals surface area contributed by atoms with Gasteiger partial charge in [-0.15, -0.1) is 0 Å². The van der Waals surface area contributed by atoms with Crippen molar-refractivity contribution >= 4 is 11.7 Å². The smallest absolute Gasteiger partial charge is 0.255 e. The molecule has 98 valence electrons. The molecule has 6 heteroatoms. The predicted octanol–water partition coefficient (Wildman–Crippen LogP) is 0.354. The zero-order valence-electron chi connectivity index (χ0n) is 10.2. The lowest BCUT2D eigenvalue weighted by atomic mass is 9.91. The highest BCUT2D eigenvalue weighted by Gasteiger charge is 2.28. The minimum Gasteiger partial charge on any atom is -0.395 e. The minimum absolute atomic E-state index is 0.0158. The van der Waals surface area contributed by atoms with Crippen molar-refractivity contribution in [1.29, 1.82) is 0 Å². The lowest BCUT2D eigenvalue weighted by Gasteiger charge is -2.37. The predicted molar refractivity (Wildman–Crippen MR) is 67.8 cm³/mol. The van der Waals surface area contributed by atoms with Gasteiger partial charge in [0, 0.05) is 18.8 Å². The summed E-state index contributed by atoms with van der Waals surface area (Å²) < 4.78 is 0. The average molecular weight is 250 g/mol. The highest BCUT2D eigenvalue weighted by Crippen LogP contribution is 2.25. The summed E-state index contributed by atoms with van der Waals surface area (Å²) in [4.78, 5) is 18.0. The first-order valence-electron chi connectivity index (χ1n) is 6.10. The minimum atomic E-state index is -0.0789. The second-order valence-electron chi connectivity index (χ2n) is 4.38. The van der Waals surface area contributed by atoms with Crippen LogP contribution < -0.4 is 11.3 Å². The Labute approximate surface area is 106 Å². The normalized spacial score (nSPS) is 15.0. The number of aromatic nitrogens is 1. The van der Waals surface area contributed by atoms with Crippen LogP contribution in [-0.4, -0.2) is 40.1 Å². The van der Waals surface area contributed by atoms with Crippen LogP contribution in [0.2, 0.25) is 0 Å². The molecular formula is C12H18N4O2. The molecule has 0 radical (unpaired) electrons. The Bertz CT molecular complexity index is 403. The SMILES string of the molecule is NNc1ccc(C(=O)N(CCO)C2CCC2)cn1. The van der Waals surface area contributed by atoms with Gasteiger partial charge in [-0.05, 0) is 31.4 Å². The highest BCUT2D eigenvalue weighted by atomic mass is 16.3. The van der Waals surface area contributed by atoms with E-state index in [1.165, 1.54) is 6.20 Å². The Morgan fingerprint density at radius 1 is 1.56 bits per heavy atom. The molecule has 0 atom stereocenters. The molecule has 0 spiro atoms. The van der Waals surface area contributed by atoms with Crippen molar-refractivity contribution in [3.8, 4) is 0 Å². The number of hydrogen-bond donors (Lipinski definition) is 3. The number of pyridine rings is 1. The van der Waals surface area contributed by atoms with E-state index < -0.39 is 0 Å². The molecule has 0 saturated heterocycles. The number of nitrogen functional groups attached to an aromatic ring is 1.